The minimum absolute atomic E-state index is 0.255. The van der Waals surface area contributed by atoms with Crippen LogP contribution in [0.3, 0.4) is 0 Å². The summed E-state index contributed by atoms with van der Waals surface area (Å²) in [7, 11) is 0. The van der Waals surface area contributed by atoms with Crippen molar-refractivity contribution in [3.63, 3.8) is 0 Å². The van der Waals surface area contributed by atoms with Gasteiger partial charge in [-0.2, -0.15) is 0 Å². The number of hydrogen-bond acceptors (Lipinski definition) is 2. The molecule has 0 heterocycles. The van der Waals surface area contributed by atoms with Crippen LogP contribution in [0.1, 0.15) is 5.56 Å². The predicted octanol–water partition coefficient (Wildman–Crippen LogP) is 4.62. The number of nitrogen functional groups attached to an aromatic ring is 1. The van der Waals surface area contributed by atoms with Gasteiger partial charge in [-0.3, -0.25) is 4.90 Å². The average molecular weight is 318 g/mol. The molecule has 4 heteroatoms. The van der Waals surface area contributed by atoms with Gasteiger partial charge in [-0.15, -0.1) is 0 Å². The average Bonchev–Trinajstić information content (AvgIpc) is 2.61. The first-order valence-corrected chi connectivity index (χ1v) is 7.64. The van der Waals surface area contributed by atoms with E-state index >= 15 is 0 Å². The summed E-state index contributed by atoms with van der Waals surface area (Å²) in [6.07, 6.45) is -1.03. The number of nitrogens with two attached hydrogens (primary N) is 1. The Morgan fingerprint density at radius 2 is 1.50 bits per heavy atom. The first-order chi connectivity index (χ1) is 11.6. The molecule has 120 valence electrons. The maximum Gasteiger partial charge on any atom is 0.412 e. The van der Waals surface area contributed by atoms with Crippen molar-refractivity contribution in [3.8, 4) is 11.1 Å². The molecule has 0 aliphatic carbocycles. The smallest absolute Gasteiger partial charge is 0.412 e. The molecule has 0 unspecified atom stereocenters. The van der Waals surface area contributed by atoms with Gasteiger partial charge >= 0.3 is 6.09 Å². The van der Waals surface area contributed by atoms with Gasteiger partial charge in [0.05, 0.1) is 17.9 Å². The highest BCUT2D eigenvalue weighted by atomic mass is 16.4. The van der Waals surface area contributed by atoms with Crippen LogP contribution in [-0.4, -0.2) is 11.2 Å². The molecule has 0 spiro atoms. The number of carbonyl (C=O) groups is 1. The molecule has 0 aliphatic heterocycles. The quantitative estimate of drug-likeness (QED) is 0.690. The first-order valence-electron chi connectivity index (χ1n) is 7.64. The van der Waals surface area contributed by atoms with E-state index in [2.05, 4.69) is 0 Å². The van der Waals surface area contributed by atoms with Gasteiger partial charge < -0.3 is 10.8 Å². The molecule has 3 aromatic carbocycles. The fourth-order valence-electron chi connectivity index (χ4n) is 2.63. The van der Waals surface area contributed by atoms with E-state index in [9.17, 15) is 9.90 Å². The summed E-state index contributed by atoms with van der Waals surface area (Å²) in [4.78, 5) is 12.9. The van der Waals surface area contributed by atoms with Crippen molar-refractivity contribution >= 4 is 17.5 Å². The van der Waals surface area contributed by atoms with Crippen molar-refractivity contribution in [1.29, 1.82) is 0 Å². The van der Waals surface area contributed by atoms with Crippen molar-refractivity contribution in [2.75, 3.05) is 10.6 Å². The summed E-state index contributed by atoms with van der Waals surface area (Å²) in [6, 6.07) is 24.8. The molecule has 0 fully saturated rings. The standard InChI is InChI=1S/C20H18N2O2/c21-18-13-17(16-9-5-2-6-10-16)11-12-19(18)22(20(23)24)14-15-7-3-1-4-8-15/h1-13H,14,21H2,(H,23,24). The highest BCUT2D eigenvalue weighted by Gasteiger charge is 2.17. The predicted molar refractivity (Wildman–Crippen MR) is 96.9 cm³/mol. The summed E-state index contributed by atoms with van der Waals surface area (Å²) in [5.74, 6) is 0. The van der Waals surface area contributed by atoms with Crippen LogP contribution in [0, 0.1) is 0 Å². The molecular formula is C20H18N2O2. The van der Waals surface area contributed by atoms with Gasteiger partial charge in [-0.1, -0.05) is 66.7 Å². The molecule has 0 aromatic heterocycles. The Kier molecular flexibility index (Phi) is 4.47. The van der Waals surface area contributed by atoms with Crippen LogP contribution < -0.4 is 10.6 Å². The minimum atomic E-state index is -1.03. The van der Waals surface area contributed by atoms with Crippen molar-refractivity contribution in [3.05, 3.63) is 84.4 Å². The van der Waals surface area contributed by atoms with E-state index in [0.717, 1.165) is 16.7 Å². The second-order valence-corrected chi connectivity index (χ2v) is 5.49. The van der Waals surface area contributed by atoms with Crippen LogP contribution >= 0.6 is 0 Å². The normalized spacial score (nSPS) is 10.3. The Hall–Kier alpha value is -3.27. The number of hydrogen-bond donors (Lipinski definition) is 2. The summed E-state index contributed by atoms with van der Waals surface area (Å²) in [6.45, 7) is 0.255. The van der Waals surface area contributed by atoms with E-state index < -0.39 is 6.09 Å². The second-order valence-electron chi connectivity index (χ2n) is 5.49. The second kappa shape index (κ2) is 6.87. The third kappa shape index (κ3) is 3.38. The zero-order valence-electron chi connectivity index (χ0n) is 13.1. The zero-order chi connectivity index (χ0) is 16.9. The first kappa shape index (κ1) is 15.6. The summed E-state index contributed by atoms with van der Waals surface area (Å²) < 4.78 is 0. The molecule has 0 radical (unpaired) electrons. The molecule has 0 bridgehead atoms. The molecule has 3 aromatic rings. The summed E-state index contributed by atoms with van der Waals surface area (Å²) in [5.41, 5.74) is 9.99. The number of rotatable bonds is 4. The number of amides is 1. The van der Waals surface area contributed by atoms with Gasteiger partial charge in [0.2, 0.25) is 0 Å². The third-order valence-corrected chi connectivity index (χ3v) is 3.84. The number of anilines is 2. The van der Waals surface area contributed by atoms with Crippen LogP contribution in [0.15, 0.2) is 78.9 Å². The van der Waals surface area contributed by atoms with E-state index in [1.807, 2.05) is 72.8 Å². The third-order valence-electron chi connectivity index (χ3n) is 3.84. The zero-order valence-corrected chi connectivity index (χ0v) is 13.1. The molecule has 4 nitrogen and oxygen atoms in total. The van der Waals surface area contributed by atoms with Crippen LogP contribution in [0.4, 0.5) is 16.2 Å². The van der Waals surface area contributed by atoms with Gasteiger partial charge in [0.1, 0.15) is 0 Å². The van der Waals surface area contributed by atoms with E-state index in [1.165, 1.54) is 4.90 Å². The van der Waals surface area contributed by atoms with E-state index in [4.69, 9.17) is 5.73 Å². The highest BCUT2D eigenvalue weighted by Crippen LogP contribution is 2.30. The van der Waals surface area contributed by atoms with Gasteiger partial charge in [0.25, 0.3) is 0 Å². The molecule has 0 saturated heterocycles. The van der Waals surface area contributed by atoms with Gasteiger partial charge in [-0.25, -0.2) is 4.79 Å². The van der Waals surface area contributed by atoms with Crippen LogP contribution in [-0.2, 0) is 6.54 Å². The number of carboxylic acid groups (broad SMARTS) is 1. The lowest BCUT2D eigenvalue weighted by atomic mass is 10.0. The Morgan fingerprint density at radius 3 is 2.08 bits per heavy atom. The van der Waals surface area contributed by atoms with Crippen molar-refractivity contribution in [2.45, 2.75) is 6.54 Å². The van der Waals surface area contributed by atoms with E-state index in [1.54, 1.807) is 6.07 Å². The van der Waals surface area contributed by atoms with Crippen LogP contribution in [0.25, 0.3) is 11.1 Å². The fourth-order valence-corrected chi connectivity index (χ4v) is 2.63. The maximum atomic E-state index is 11.7. The molecule has 1 amide bonds. The SMILES string of the molecule is Nc1cc(-c2ccccc2)ccc1N(Cc1ccccc1)C(=O)O. The number of benzene rings is 3. The molecule has 3 rings (SSSR count). The molecule has 0 atom stereocenters. The topological polar surface area (TPSA) is 66.6 Å². The lowest BCUT2D eigenvalue weighted by Gasteiger charge is -2.21. The monoisotopic (exact) mass is 318 g/mol. The molecule has 3 N–H and O–H groups in total. The van der Waals surface area contributed by atoms with E-state index in [0.29, 0.717) is 11.4 Å². The molecular weight excluding hydrogens is 300 g/mol. The summed E-state index contributed by atoms with van der Waals surface area (Å²) >= 11 is 0. The van der Waals surface area contributed by atoms with Gasteiger partial charge in [-0.05, 0) is 28.8 Å². The Morgan fingerprint density at radius 1 is 0.875 bits per heavy atom. The Balaban J connectivity index is 1.93. The van der Waals surface area contributed by atoms with Crippen molar-refractivity contribution in [1.82, 2.24) is 0 Å². The van der Waals surface area contributed by atoms with Crippen molar-refractivity contribution in [2.24, 2.45) is 0 Å². The van der Waals surface area contributed by atoms with E-state index in [-0.39, 0.29) is 6.54 Å². The molecule has 0 saturated carbocycles. The molecule has 0 aliphatic rings. The van der Waals surface area contributed by atoms with Gasteiger partial charge in [0, 0.05) is 0 Å². The maximum absolute atomic E-state index is 11.7. The van der Waals surface area contributed by atoms with Gasteiger partial charge in [0.15, 0.2) is 0 Å². The lowest BCUT2D eigenvalue weighted by Crippen LogP contribution is -2.29. The Labute approximate surface area is 140 Å². The minimum Gasteiger partial charge on any atom is -0.465 e. The number of nitrogens with zero attached hydrogens (tertiary/aromatic N) is 1. The molecule has 24 heavy (non-hydrogen) atoms. The lowest BCUT2D eigenvalue weighted by molar-refractivity contribution is 0.201. The van der Waals surface area contributed by atoms with Crippen LogP contribution in [0.5, 0.6) is 0 Å². The summed E-state index contributed by atoms with van der Waals surface area (Å²) in [5, 5.41) is 9.57. The largest absolute Gasteiger partial charge is 0.465 e. The van der Waals surface area contributed by atoms with Crippen molar-refractivity contribution < 1.29 is 9.90 Å². The highest BCUT2D eigenvalue weighted by molar-refractivity contribution is 5.91. The Bertz CT molecular complexity index is 833. The fraction of sp³-hybridized carbons (Fsp3) is 0.0500. The van der Waals surface area contributed by atoms with Crippen LogP contribution in [0.2, 0.25) is 0 Å².